The highest BCUT2D eigenvalue weighted by Crippen LogP contribution is 2.51. The Kier molecular flexibility index (Phi) is 7.95. The lowest BCUT2D eigenvalue weighted by molar-refractivity contribution is 0.661. The molecule has 2 aromatic heterocycles. The quantitative estimate of drug-likeness (QED) is 0.162. The lowest BCUT2D eigenvalue weighted by Crippen LogP contribution is -2.15. The summed E-state index contributed by atoms with van der Waals surface area (Å²) in [7, 11) is 0. The number of aromatic nitrogens is 3. The summed E-state index contributed by atoms with van der Waals surface area (Å²) in [4.78, 5) is 9.49. The third-order valence-electron chi connectivity index (χ3n) is 13.9. The molecule has 300 valence electrons. The summed E-state index contributed by atoms with van der Waals surface area (Å²) in [5.41, 5.74) is 20.4. The van der Waals surface area contributed by atoms with Crippen LogP contribution in [0.4, 0.5) is 0 Å². The summed E-state index contributed by atoms with van der Waals surface area (Å²) in [6, 6.07) is 73.8. The first-order valence-electron chi connectivity index (χ1n) is 22.1. The van der Waals surface area contributed by atoms with E-state index in [0.29, 0.717) is 0 Å². The summed E-state index contributed by atoms with van der Waals surface area (Å²) >= 11 is 0. The molecule has 0 spiro atoms. The maximum atomic E-state index is 4.77. The minimum Gasteiger partial charge on any atom is -0.309 e. The Morgan fingerprint density at radius 1 is 0.328 bits per heavy atom. The first-order valence-corrected chi connectivity index (χ1v) is 22.1. The first-order chi connectivity index (χ1) is 31.5. The van der Waals surface area contributed by atoms with Crippen molar-refractivity contribution in [1.29, 1.82) is 0 Å². The van der Waals surface area contributed by atoms with Crippen LogP contribution in [-0.4, -0.2) is 14.5 Å². The van der Waals surface area contributed by atoms with Gasteiger partial charge in [-0.1, -0.05) is 159 Å². The normalized spacial score (nSPS) is 13.0. The molecule has 1 aliphatic rings. The van der Waals surface area contributed by atoms with E-state index in [2.05, 4.69) is 219 Å². The van der Waals surface area contributed by atoms with Crippen LogP contribution in [0.25, 0.3) is 116 Å². The third kappa shape index (κ3) is 5.54. The average molecular weight is 816 g/mol. The van der Waals surface area contributed by atoms with Gasteiger partial charge in [0.05, 0.1) is 22.1 Å². The van der Waals surface area contributed by atoms with Gasteiger partial charge in [0, 0.05) is 45.0 Å². The highest BCUT2D eigenvalue weighted by atomic mass is 15.0. The fourth-order valence-corrected chi connectivity index (χ4v) is 10.7. The molecule has 1 aliphatic carbocycles. The highest BCUT2D eigenvalue weighted by Gasteiger charge is 2.36. The van der Waals surface area contributed by atoms with E-state index in [1.54, 1.807) is 12.4 Å². The van der Waals surface area contributed by atoms with Crippen LogP contribution in [0.1, 0.15) is 25.0 Å². The van der Waals surface area contributed by atoms with E-state index in [9.17, 15) is 0 Å². The predicted molar refractivity (Wildman–Crippen MR) is 268 cm³/mol. The Balaban J connectivity index is 0.839. The zero-order valence-corrected chi connectivity index (χ0v) is 35.5. The molecule has 0 fully saturated rings. The topological polar surface area (TPSA) is 30.7 Å². The van der Waals surface area contributed by atoms with Crippen LogP contribution in [0.15, 0.2) is 213 Å². The molecule has 0 amide bonds. The predicted octanol–water partition coefficient (Wildman–Crippen LogP) is 16.0. The monoisotopic (exact) mass is 815 g/mol. The zero-order chi connectivity index (χ0) is 42.5. The van der Waals surface area contributed by atoms with E-state index in [0.717, 1.165) is 21.8 Å². The third-order valence-corrected chi connectivity index (χ3v) is 13.9. The number of nitrogens with zero attached hydrogens (tertiary/aromatic N) is 3. The van der Waals surface area contributed by atoms with Gasteiger partial charge >= 0.3 is 0 Å². The van der Waals surface area contributed by atoms with Gasteiger partial charge in [0.15, 0.2) is 0 Å². The number of benzene rings is 10. The van der Waals surface area contributed by atoms with E-state index in [4.69, 9.17) is 9.97 Å². The molecule has 0 saturated carbocycles. The van der Waals surface area contributed by atoms with Crippen LogP contribution in [0.3, 0.4) is 0 Å². The van der Waals surface area contributed by atoms with Crippen LogP contribution in [0, 0.1) is 0 Å². The minimum absolute atomic E-state index is 0.174. The van der Waals surface area contributed by atoms with Gasteiger partial charge < -0.3 is 4.57 Å². The van der Waals surface area contributed by atoms with Crippen molar-refractivity contribution >= 4 is 54.4 Å². The number of hydrogen-bond donors (Lipinski definition) is 0. The van der Waals surface area contributed by atoms with E-state index < -0.39 is 0 Å². The van der Waals surface area contributed by atoms with E-state index in [-0.39, 0.29) is 5.41 Å². The zero-order valence-electron chi connectivity index (χ0n) is 35.5. The average Bonchev–Trinajstić information content (AvgIpc) is 3.81. The highest BCUT2D eigenvalue weighted by molar-refractivity contribution is 6.23. The second-order valence-electron chi connectivity index (χ2n) is 17.8. The largest absolute Gasteiger partial charge is 0.309 e. The van der Waals surface area contributed by atoms with Crippen molar-refractivity contribution in [2.75, 3.05) is 0 Å². The maximum absolute atomic E-state index is 4.77. The molecular weight excluding hydrogens is 775 g/mol. The second-order valence-corrected chi connectivity index (χ2v) is 17.8. The summed E-state index contributed by atoms with van der Waals surface area (Å²) in [5.74, 6) is 0. The van der Waals surface area contributed by atoms with Crippen LogP contribution in [0.5, 0.6) is 0 Å². The van der Waals surface area contributed by atoms with E-state index in [1.807, 2.05) is 0 Å². The molecule has 13 rings (SSSR count). The van der Waals surface area contributed by atoms with E-state index in [1.165, 1.54) is 105 Å². The van der Waals surface area contributed by atoms with Gasteiger partial charge in [-0.2, -0.15) is 0 Å². The van der Waals surface area contributed by atoms with Gasteiger partial charge in [-0.3, -0.25) is 9.97 Å². The van der Waals surface area contributed by atoms with Crippen molar-refractivity contribution in [3.8, 4) is 61.3 Å². The maximum Gasteiger partial charge on any atom is 0.0971 e. The Bertz CT molecular complexity index is 3840. The lowest BCUT2D eigenvalue weighted by atomic mass is 9.80. The number of hydrogen-bond acceptors (Lipinski definition) is 2. The molecule has 0 unspecified atom stereocenters. The standard InChI is InChI=1S/C61H41N3/c1-61(2)55-35-43(39-13-10-12-38(32-39)42-25-29-53-54(34-42)47-18-6-7-20-52(47)59-60(53)63-31-30-62-59)22-26-48(55)49-27-23-44(36-56(49)61)40-14-11-15-41(33-40)45-24-28-51-50-19-8-9-21-57(50)64(58(51)37-45)46-16-4-3-5-17-46/h3-37H,1-2H3. The van der Waals surface area contributed by atoms with Crippen LogP contribution < -0.4 is 0 Å². The van der Waals surface area contributed by atoms with Crippen molar-refractivity contribution in [3.05, 3.63) is 224 Å². The van der Waals surface area contributed by atoms with Gasteiger partial charge in [-0.25, -0.2) is 0 Å². The molecule has 0 bridgehead atoms. The van der Waals surface area contributed by atoms with Crippen molar-refractivity contribution in [1.82, 2.24) is 14.5 Å². The summed E-state index contributed by atoms with van der Waals surface area (Å²) in [6.07, 6.45) is 3.57. The number of rotatable bonds is 5. The number of fused-ring (bicyclic) bond motifs is 12. The van der Waals surface area contributed by atoms with Crippen LogP contribution in [-0.2, 0) is 5.41 Å². The fraction of sp³-hybridized carbons (Fsp3) is 0.0492. The molecule has 0 radical (unpaired) electrons. The van der Waals surface area contributed by atoms with Crippen LogP contribution >= 0.6 is 0 Å². The Hall–Kier alpha value is -8.14. The van der Waals surface area contributed by atoms with E-state index >= 15 is 0 Å². The molecule has 0 saturated heterocycles. The Labute approximate surface area is 371 Å². The second kappa shape index (κ2) is 13.9. The van der Waals surface area contributed by atoms with Crippen molar-refractivity contribution in [2.24, 2.45) is 0 Å². The van der Waals surface area contributed by atoms with Gasteiger partial charge in [-0.05, 0) is 132 Å². The summed E-state index contributed by atoms with van der Waals surface area (Å²) < 4.78 is 2.39. The Morgan fingerprint density at radius 3 is 1.41 bits per heavy atom. The first kappa shape index (κ1) is 36.5. The van der Waals surface area contributed by atoms with Crippen molar-refractivity contribution in [3.63, 3.8) is 0 Å². The van der Waals surface area contributed by atoms with Gasteiger partial charge in [0.2, 0.25) is 0 Å². The van der Waals surface area contributed by atoms with Crippen molar-refractivity contribution in [2.45, 2.75) is 19.3 Å². The smallest absolute Gasteiger partial charge is 0.0971 e. The summed E-state index contributed by atoms with van der Waals surface area (Å²) in [5, 5.41) is 7.17. The lowest BCUT2D eigenvalue weighted by Gasteiger charge is -2.23. The SMILES string of the molecule is CC1(C)c2cc(-c3cccc(-c4ccc5c(c4)c4ccccc4c4nccnc54)c3)ccc2-c2ccc(-c3cccc(-c4ccc5c6ccccc6n(-c6ccccc6)c5c4)c3)cc21. The molecule has 0 N–H and O–H groups in total. The molecule has 12 aromatic rings. The molecule has 3 nitrogen and oxygen atoms in total. The summed E-state index contributed by atoms with van der Waals surface area (Å²) in [6.45, 7) is 4.76. The minimum atomic E-state index is -0.174. The molecular formula is C61H41N3. The molecule has 3 heteroatoms. The molecule has 0 aliphatic heterocycles. The Morgan fingerprint density at radius 2 is 0.781 bits per heavy atom. The van der Waals surface area contributed by atoms with Crippen molar-refractivity contribution < 1.29 is 0 Å². The van der Waals surface area contributed by atoms with Crippen LogP contribution in [0.2, 0.25) is 0 Å². The number of para-hydroxylation sites is 2. The molecule has 10 aromatic carbocycles. The van der Waals surface area contributed by atoms with Gasteiger partial charge in [0.25, 0.3) is 0 Å². The molecule has 0 atom stereocenters. The van der Waals surface area contributed by atoms with Gasteiger partial charge in [-0.15, -0.1) is 0 Å². The fourth-order valence-electron chi connectivity index (χ4n) is 10.7. The van der Waals surface area contributed by atoms with Gasteiger partial charge in [0.1, 0.15) is 0 Å². The molecule has 64 heavy (non-hydrogen) atoms. The molecule has 2 heterocycles.